The van der Waals surface area contributed by atoms with Crippen LogP contribution in [-0.2, 0) is 4.74 Å². The van der Waals surface area contributed by atoms with E-state index in [1.54, 1.807) is 0 Å². The Morgan fingerprint density at radius 3 is 2.50 bits per heavy atom. The van der Waals surface area contributed by atoms with Gasteiger partial charge in [0.25, 0.3) is 0 Å². The number of amides is 1. The topological polar surface area (TPSA) is 72.6 Å². The molecule has 1 amide bonds. The van der Waals surface area contributed by atoms with Gasteiger partial charge in [-0.3, -0.25) is 0 Å². The summed E-state index contributed by atoms with van der Waals surface area (Å²) in [6, 6.07) is 0. The van der Waals surface area contributed by atoms with Gasteiger partial charge in [-0.15, -0.1) is 0 Å². The number of aliphatic hydroxyl groups is 1. The molecule has 3 N–H and O–H groups in total. The minimum Gasteiger partial charge on any atom is -0.509 e. The van der Waals surface area contributed by atoms with Crippen molar-refractivity contribution in [1.82, 2.24) is 0 Å². The van der Waals surface area contributed by atoms with Crippen molar-refractivity contribution in [3.05, 3.63) is 12.3 Å². The quantitative estimate of drug-likeness (QED) is 0.506. The summed E-state index contributed by atoms with van der Waals surface area (Å²) in [5.74, 6) is -0.219. The molecule has 0 rings (SSSR count). The lowest BCUT2D eigenvalue weighted by atomic mass is 10.6. The Labute approximate surface area is 46.6 Å². The predicted molar refractivity (Wildman–Crippen MR) is 27.3 cm³/mol. The van der Waals surface area contributed by atoms with E-state index < -0.39 is 6.09 Å². The Kier molecular flexibility index (Phi) is 2.47. The summed E-state index contributed by atoms with van der Waals surface area (Å²) in [4.78, 5) is 9.75. The molecule has 46 valence electrons. The molecular weight excluding hydrogens is 110 g/mol. The van der Waals surface area contributed by atoms with Crippen molar-refractivity contribution in [2.24, 2.45) is 5.73 Å². The zero-order valence-corrected chi connectivity index (χ0v) is 4.26. The zero-order chi connectivity index (χ0) is 6.57. The van der Waals surface area contributed by atoms with Gasteiger partial charge < -0.3 is 15.6 Å². The molecule has 0 unspecified atom stereocenters. The maximum absolute atomic E-state index is 9.75. The van der Waals surface area contributed by atoms with Crippen LogP contribution >= 0.6 is 0 Å². The number of aliphatic hydroxyl groups excluding tert-OH is 1. The molecule has 0 atom stereocenters. The summed E-state index contributed by atoms with van der Waals surface area (Å²) in [5, 5.41) is 8.27. The average molecular weight is 117 g/mol. The smallest absolute Gasteiger partial charge is 0.404 e. The van der Waals surface area contributed by atoms with Gasteiger partial charge in [0.1, 0.15) is 12.4 Å². The number of nitrogens with two attached hydrogens (primary N) is 1. The van der Waals surface area contributed by atoms with Gasteiger partial charge >= 0.3 is 6.09 Å². The van der Waals surface area contributed by atoms with Crippen molar-refractivity contribution in [3.63, 3.8) is 0 Å². The van der Waals surface area contributed by atoms with E-state index >= 15 is 0 Å². The maximum atomic E-state index is 9.75. The first-order chi connectivity index (χ1) is 3.63. The number of hydrogen-bond donors (Lipinski definition) is 2. The van der Waals surface area contributed by atoms with Crippen LogP contribution in [0.25, 0.3) is 0 Å². The molecule has 4 heteroatoms. The van der Waals surface area contributed by atoms with Gasteiger partial charge in [0.15, 0.2) is 0 Å². The first-order valence-electron chi connectivity index (χ1n) is 1.92. The van der Waals surface area contributed by atoms with Gasteiger partial charge in [0, 0.05) is 0 Å². The van der Waals surface area contributed by atoms with Crippen molar-refractivity contribution in [3.8, 4) is 0 Å². The number of ether oxygens (including phenoxy) is 1. The molecule has 0 saturated heterocycles. The molecule has 0 aliphatic rings. The first-order valence-corrected chi connectivity index (χ1v) is 1.92. The summed E-state index contributed by atoms with van der Waals surface area (Å²) in [6.07, 6.45) is -0.916. The third-order valence-electron chi connectivity index (χ3n) is 0.381. The Morgan fingerprint density at radius 1 is 1.88 bits per heavy atom. The standard InChI is InChI=1S/C4H7NO3/c1-3(6)2-8-4(5)7/h6H,1-2H2,(H2,5,7). The van der Waals surface area contributed by atoms with Gasteiger partial charge in [0.05, 0.1) is 0 Å². The van der Waals surface area contributed by atoms with E-state index in [9.17, 15) is 4.79 Å². The third-order valence-corrected chi connectivity index (χ3v) is 0.381. The summed E-state index contributed by atoms with van der Waals surface area (Å²) < 4.78 is 4.09. The third kappa shape index (κ3) is 4.81. The highest BCUT2D eigenvalue weighted by molar-refractivity contribution is 5.64. The average Bonchev–Trinajstić information content (AvgIpc) is 1.61. The van der Waals surface area contributed by atoms with E-state index in [4.69, 9.17) is 5.11 Å². The van der Waals surface area contributed by atoms with E-state index in [2.05, 4.69) is 17.0 Å². The lowest BCUT2D eigenvalue weighted by molar-refractivity contribution is 0.152. The molecular formula is C4H7NO3. The van der Waals surface area contributed by atoms with Gasteiger partial charge in [-0.25, -0.2) is 4.79 Å². The summed E-state index contributed by atoms with van der Waals surface area (Å²) in [6.45, 7) is 2.82. The molecule has 0 saturated carbocycles. The summed E-state index contributed by atoms with van der Waals surface area (Å²) in [7, 11) is 0. The Hall–Kier alpha value is -1.19. The monoisotopic (exact) mass is 117 g/mol. The van der Waals surface area contributed by atoms with Gasteiger partial charge in [-0.05, 0) is 0 Å². The van der Waals surface area contributed by atoms with Crippen LogP contribution in [0.4, 0.5) is 4.79 Å². The van der Waals surface area contributed by atoms with Crippen LogP contribution in [0.1, 0.15) is 0 Å². The predicted octanol–water partition coefficient (Wildman–Crippen LogP) is 0.153. The lowest BCUT2D eigenvalue weighted by Gasteiger charge is -1.95. The Morgan fingerprint density at radius 2 is 2.38 bits per heavy atom. The molecule has 0 fully saturated rings. The second-order valence-corrected chi connectivity index (χ2v) is 1.17. The van der Waals surface area contributed by atoms with Gasteiger partial charge in [0.2, 0.25) is 0 Å². The Balaban J connectivity index is 3.18. The highest BCUT2D eigenvalue weighted by Crippen LogP contribution is 1.81. The van der Waals surface area contributed by atoms with Gasteiger partial charge in [-0.2, -0.15) is 0 Å². The number of hydrogen-bond acceptors (Lipinski definition) is 3. The zero-order valence-electron chi connectivity index (χ0n) is 4.26. The number of primary amides is 1. The largest absolute Gasteiger partial charge is 0.509 e. The molecule has 0 aromatic rings. The number of carbonyl (C=O) groups excluding carboxylic acids is 1. The van der Waals surface area contributed by atoms with Crippen molar-refractivity contribution < 1.29 is 14.6 Å². The maximum Gasteiger partial charge on any atom is 0.404 e. The van der Waals surface area contributed by atoms with Crippen LogP contribution in [0.5, 0.6) is 0 Å². The molecule has 0 aliphatic carbocycles. The van der Waals surface area contributed by atoms with Crippen molar-refractivity contribution in [2.75, 3.05) is 6.61 Å². The molecule has 4 nitrogen and oxygen atoms in total. The summed E-state index contributed by atoms with van der Waals surface area (Å²) >= 11 is 0. The van der Waals surface area contributed by atoms with E-state index in [1.807, 2.05) is 0 Å². The van der Waals surface area contributed by atoms with Gasteiger partial charge in [-0.1, -0.05) is 6.58 Å². The first kappa shape index (κ1) is 6.81. The molecule has 0 aromatic heterocycles. The highest BCUT2D eigenvalue weighted by atomic mass is 16.6. The molecule has 8 heavy (non-hydrogen) atoms. The molecule has 0 radical (unpaired) electrons. The molecule has 0 bridgehead atoms. The van der Waals surface area contributed by atoms with Crippen LogP contribution < -0.4 is 5.73 Å². The number of carbonyl (C=O) groups is 1. The van der Waals surface area contributed by atoms with Crippen molar-refractivity contribution in [2.45, 2.75) is 0 Å². The minimum atomic E-state index is -0.916. The normalized spacial score (nSPS) is 8.00. The SMILES string of the molecule is C=C(O)COC(N)=O. The van der Waals surface area contributed by atoms with Crippen LogP contribution in [0.15, 0.2) is 12.3 Å². The van der Waals surface area contributed by atoms with Crippen LogP contribution in [0.3, 0.4) is 0 Å². The fourth-order valence-corrected chi connectivity index (χ4v) is 0.154. The van der Waals surface area contributed by atoms with Crippen LogP contribution in [0.2, 0.25) is 0 Å². The van der Waals surface area contributed by atoms with Crippen molar-refractivity contribution in [1.29, 1.82) is 0 Å². The fraction of sp³-hybridized carbons (Fsp3) is 0.250. The molecule has 0 aromatic carbocycles. The van der Waals surface area contributed by atoms with E-state index in [0.29, 0.717) is 0 Å². The molecule has 0 aliphatic heterocycles. The second kappa shape index (κ2) is 2.90. The second-order valence-electron chi connectivity index (χ2n) is 1.17. The summed E-state index contributed by atoms with van der Waals surface area (Å²) in [5.41, 5.74) is 4.53. The van der Waals surface area contributed by atoms with Crippen molar-refractivity contribution >= 4 is 6.09 Å². The van der Waals surface area contributed by atoms with E-state index in [-0.39, 0.29) is 12.4 Å². The molecule has 0 spiro atoms. The fourth-order valence-electron chi connectivity index (χ4n) is 0.154. The van der Waals surface area contributed by atoms with Crippen LogP contribution in [0, 0.1) is 0 Å². The lowest BCUT2D eigenvalue weighted by Crippen LogP contribution is -2.14. The van der Waals surface area contributed by atoms with E-state index in [1.165, 1.54) is 0 Å². The van der Waals surface area contributed by atoms with E-state index in [0.717, 1.165) is 0 Å². The minimum absolute atomic E-state index is 0.219. The van der Waals surface area contributed by atoms with Crippen LogP contribution in [-0.4, -0.2) is 17.8 Å². The highest BCUT2D eigenvalue weighted by Gasteiger charge is 1.92. The molecule has 0 heterocycles. The number of rotatable bonds is 2. The Bertz CT molecular complexity index is 95.9.